The van der Waals surface area contributed by atoms with Gasteiger partial charge in [-0.25, -0.2) is 18.2 Å². The molecule has 1 aromatic heterocycles. The first-order valence-electron chi connectivity index (χ1n) is 7.54. The zero-order valence-corrected chi connectivity index (χ0v) is 13.6. The first-order valence-corrected chi connectivity index (χ1v) is 9.36. The van der Waals surface area contributed by atoms with E-state index in [0.717, 1.165) is 11.3 Å². The van der Waals surface area contributed by atoms with E-state index in [1.807, 2.05) is 11.0 Å². The highest BCUT2D eigenvalue weighted by atomic mass is 32.2. The predicted molar refractivity (Wildman–Crippen MR) is 83.2 cm³/mol. The molecule has 1 fully saturated rings. The molecule has 0 amide bonds. The summed E-state index contributed by atoms with van der Waals surface area (Å²) in [5.41, 5.74) is 2.39. The second-order valence-electron chi connectivity index (χ2n) is 6.08. The summed E-state index contributed by atoms with van der Waals surface area (Å²) in [5.74, 6) is 0.679. The van der Waals surface area contributed by atoms with E-state index in [2.05, 4.69) is 18.8 Å². The smallest absolute Gasteiger partial charge is 0.342 e. The standard InChI is InChI=1S/C15H20N2O4S/c1-10(2)12-9-11-3-6-21-15(18)13(11)14(16-12)17-4-7-22(19,20)8-5-17/h9-10H,3-8H2,1-2H3. The van der Waals surface area contributed by atoms with Gasteiger partial charge in [-0.15, -0.1) is 0 Å². The van der Waals surface area contributed by atoms with E-state index < -0.39 is 9.84 Å². The maximum absolute atomic E-state index is 12.2. The van der Waals surface area contributed by atoms with Crippen molar-refractivity contribution < 1.29 is 17.9 Å². The van der Waals surface area contributed by atoms with E-state index in [4.69, 9.17) is 4.74 Å². The minimum absolute atomic E-state index is 0.102. The molecule has 0 radical (unpaired) electrons. The maximum Gasteiger partial charge on any atom is 0.342 e. The average Bonchev–Trinajstić information content (AvgIpc) is 2.46. The second kappa shape index (κ2) is 5.53. The number of pyridine rings is 1. The summed E-state index contributed by atoms with van der Waals surface area (Å²) >= 11 is 0. The first-order chi connectivity index (χ1) is 10.4. The third kappa shape index (κ3) is 2.82. The fraction of sp³-hybridized carbons (Fsp3) is 0.600. The lowest BCUT2D eigenvalue weighted by atomic mass is 9.99. The van der Waals surface area contributed by atoms with Crippen LogP contribution in [0.15, 0.2) is 6.07 Å². The number of carbonyl (C=O) groups excluding carboxylic acids is 1. The summed E-state index contributed by atoms with van der Waals surface area (Å²) in [5, 5.41) is 0. The highest BCUT2D eigenvalue weighted by molar-refractivity contribution is 7.91. The third-order valence-electron chi connectivity index (χ3n) is 4.15. The Labute approximate surface area is 130 Å². The van der Waals surface area contributed by atoms with Crippen molar-refractivity contribution in [2.24, 2.45) is 0 Å². The predicted octanol–water partition coefficient (Wildman–Crippen LogP) is 1.15. The SMILES string of the molecule is CC(C)c1cc2c(c(N3CCS(=O)(=O)CC3)n1)C(=O)OCC2. The van der Waals surface area contributed by atoms with Crippen molar-refractivity contribution in [2.75, 3.05) is 36.1 Å². The van der Waals surface area contributed by atoms with E-state index >= 15 is 0 Å². The highest BCUT2D eigenvalue weighted by Gasteiger charge is 2.30. The molecule has 0 unspecified atom stereocenters. The van der Waals surface area contributed by atoms with Crippen LogP contribution in [0.3, 0.4) is 0 Å². The number of hydrogen-bond acceptors (Lipinski definition) is 6. The molecule has 2 aliphatic heterocycles. The van der Waals surface area contributed by atoms with Gasteiger partial charge in [-0.05, 0) is 17.5 Å². The van der Waals surface area contributed by atoms with Crippen LogP contribution in [-0.4, -0.2) is 50.6 Å². The van der Waals surface area contributed by atoms with Crippen LogP contribution in [0.1, 0.15) is 41.4 Å². The molecule has 120 valence electrons. The highest BCUT2D eigenvalue weighted by Crippen LogP contribution is 2.30. The molecule has 0 aromatic carbocycles. The quantitative estimate of drug-likeness (QED) is 0.760. The van der Waals surface area contributed by atoms with Crippen LogP contribution in [0.5, 0.6) is 0 Å². The van der Waals surface area contributed by atoms with Gasteiger partial charge in [-0.1, -0.05) is 13.8 Å². The zero-order chi connectivity index (χ0) is 15.9. The van der Waals surface area contributed by atoms with Gasteiger partial charge in [0.25, 0.3) is 0 Å². The van der Waals surface area contributed by atoms with Gasteiger partial charge in [0.2, 0.25) is 0 Å². The molecule has 1 aromatic rings. The van der Waals surface area contributed by atoms with Crippen LogP contribution in [0.4, 0.5) is 5.82 Å². The molecule has 0 saturated carbocycles. The van der Waals surface area contributed by atoms with E-state index in [-0.39, 0.29) is 23.4 Å². The van der Waals surface area contributed by atoms with Crippen molar-refractivity contribution in [3.8, 4) is 0 Å². The molecule has 0 atom stereocenters. The summed E-state index contributed by atoms with van der Waals surface area (Å²) < 4.78 is 28.4. The van der Waals surface area contributed by atoms with Crippen molar-refractivity contribution in [3.63, 3.8) is 0 Å². The Balaban J connectivity index is 2.05. The number of nitrogens with zero attached hydrogens (tertiary/aromatic N) is 2. The summed E-state index contributed by atoms with van der Waals surface area (Å²) in [4.78, 5) is 18.7. The number of cyclic esters (lactones) is 1. The van der Waals surface area contributed by atoms with Gasteiger partial charge in [-0.2, -0.15) is 0 Å². The molecule has 0 N–H and O–H groups in total. The Morgan fingerprint density at radius 1 is 1.27 bits per heavy atom. The number of hydrogen-bond donors (Lipinski definition) is 0. The molecule has 2 aliphatic rings. The maximum atomic E-state index is 12.2. The average molecular weight is 324 g/mol. The van der Waals surface area contributed by atoms with E-state index in [9.17, 15) is 13.2 Å². The van der Waals surface area contributed by atoms with Gasteiger partial charge in [0.05, 0.1) is 18.1 Å². The number of sulfone groups is 1. The normalized spacial score (nSPS) is 20.7. The minimum atomic E-state index is -2.97. The largest absolute Gasteiger partial charge is 0.462 e. The van der Waals surface area contributed by atoms with E-state index in [1.54, 1.807) is 0 Å². The van der Waals surface area contributed by atoms with Gasteiger partial charge < -0.3 is 9.64 Å². The van der Waals surface area contributed by atoms with Crippen molar-refractivity contribution in [2.45, 2.75) is 26.2 Å². The summed E-state index contributed by atoms with van der Waals surface area (Å²) in [6.45, 7) is 5.25. The molecular formula is C15H20N2O4S. The van der Waals surface area contributed by atoms with Gasteiger partial charge in [0, 0.05) is 25.2 Å². The first kappa shape index (κ1) is 15.3. The number of fused-ring (bicyclic) bond motifs is 1. The fourth-order valence-electron chi connectivity index (χ4n) is 2.80. The number of rotatable bonds is 2. The second-order valence-corrected chi connectivity index (χ2v) is 8.39. The van der Waals surface area contributed by atoms with Gasteiger partial charge in [0.1, 0.15) is 11.4 Å². The Bertz CT molecular complexity index is 698. The number of aromatic nitrogens is 1. The summed E-state index contributed by atoms with van der Waals surface area (Å²) in [6, 6.07) is 1.98. The number of ether oxygens (including phenoxy) is 1. The zero-order valence-electron chi connectivity index (χ0n) is 12.8. The van der Waals surface area contributed by atoms with Crippen molar-refractivity contribution >= 4 is 21.6 Å². The summed E-state index contributed by atoms with van der Waals surface area (Å²) in [7, 11) is -2.97. The topological polar surface area (TPSA) is 76.6 Å². The van der Waals surface area contributed by atoms with Crippen molar-refractivity contribution in [3.05, 3.63) is 22.9 Å². The van der Waals surface area contributed by atoms with Gasteiger partial charge >= 0.3 is 5.97 Å². The lowest BCUT2D eigenvalue weighted by Gasteiger charge is -2.31. The number of esters is 1. The molecule has 0 aliphatic carbocycles. The minimum Gasteiger partial charge on any atom is -0.462 e. The van der Waals surface area contributed by atoms with Gasteiger partial charge in [-0.3, -0.25) is 0 Å². The molecule has 6 nitrogen and oxygen atoms in total. The molecule has 0 bridgehead atoms. The Morgan fingerprint density at radius 2 is 1.95 bits per heavy atom. The van der Waals surface area contributed by atoms with Crippen LogP contribution < -0.4 is 4.90 Å². The Kier molecular flexibility index (Phi) is 3.84. The third-order valence-corrected chi connectivity index (χ3v) is 5.76. The van der Waals surface area contributed by atoms with E-state index in [0.29, 0.717) is 37.5 Å². The molecule has 1 saturated heterocycles. The summed E-state index contributed by atoms with van der Waals surface area (Å²) in [6.07, 6.45) is 0.683. The fourth-order valence-corrected chi connectivity index (χ4v) is 4.00. The van der Waals surface area contributed by atoms with Crippen LogP contribution in [0.2, 0.25) is 0 Å². The lowest BCUT2D eigenvalue weighted by molar-refractivity contribution is 0.0480. The lowest BCUT2D eigenvalue weighted by Crippen LogP contribution is -2.42. The molecule has 22 heavy (non-hydrogen) atoms. The van der Waals surface area contributed by atoms with Crippen molar-refractivity contribution in [1.29, 1.82) is 0 Å². The number of carbonyl (C=O) groups is 1. The molecule has 3 rings (SSSR count). The van der Waals surface area contributed by atoms with E-state index in [1.165, 1.54) is 0 Å². The van der Waals surface area contributed by atoms with Crippen LogP contribution in [-0.2, 0) is 21.0 Å². The van der Waals surface area contributed by atoms with Gasteiger partial charge in [0.15, 0.2) is 9.84 Å². The molecule has 0 spiro atoms. The molecule has 3 heterocycles. The van der Waals surface area contributed by atoms with Crippen LogP contribution in [0.25, 0.3) is 0 Å². The number of anilines is 1. The Morgan fingerprint density at radius 3 is 2.59 bits per heavy atom. The Hall–Kier alpha value is -1.63. The van der Waals surface area contributed by atoms with Crippen LogP contribution in [0, 0.1) is 0 Å². The molecule has 7 heteroatoms. The molecular weight excluding hydrogens is 304 g/mol. The van der Waals surface area contributed by atoms with Crippen LogP contribution >= 0.6 is 0 Å². The monoisotopic (exact) mass is 324 g/mol. The van der Waals surface area contributed by atoms with Crippen molar-refractivity contribution in [1.82, 2.24) is 4.98 Å².